The van der Waals surface area contributed by atoms with Crippen LogP contribution in [0, 0.1) is 13.8 Å². The van der Waals surface area contributed by atoms with Crippen molar-refractivity contribution in [2.75, 3.05) is 24.9 Å². The summed E-state index contributed by atoms with van der Waals surface area (Å²) < 4.78 is 54.4. The summed E-state index contributed by atoms with van der Waals surface area (Å²) in [5, 5.41) is 8.76. The Kier molecular flexibility index (Phi) is 7.27. The highest BCUT2D eigenvalue weighted by Gasteiger charge is 2.29. The number of nitrogens with zero attached hydrogens (tertiary/aromatic N) is 2. The van der Waals surface area contributed by atoms with E-state index in [0.29, 0.717) is 16.8 Å². The van der Waals surface area contributed by atoms with Gasteiger partial charge in [-0.3, -0.25) is 9.10 Å². The van der Waals surface area contributed by atoms with Gasteiger partial charge in [0.15, 0.2) is 0 Å². The van der Waals surface area contributed by atoms with Gasteiger partial charge >= 0.3 is 5.97 Å². The molecule has 0 fully saturated rings. The molecular formula is C20H26N2O6S2. The van der Waals surface area contributed by atoms with Crippen molar-refractivity contribution in [3.05, 3.63) is 53.6 Å². The first-order valence-corrected chi connectivity index (χ1v) is 12.1. The second kappa shape index (κ2) is 9.15. The average molecular weight is 455 g/mol. The van der Waals surface area contributed by atoms with Gasteiger partial charge in [-0.2, -0.15) is 0 Å². The van der Waals surface area contributed by atoms with Gasteiger partial charge < -0.3 is 5.11 Å². The van der Waals surface area contributed by atoms with E-state index in [1.165, 1.54) is 32.3 Å². The van der Waals surface area contributed by atoms with Crippen molar-refractivity contribution in [1.82, 2.24) is 4.31 Å². The Morgan fingerprint density at radius 3 is 2.10 bits per heavy atom. The largest absolute Gasteiger partial charge is 0.481 e. The maximum absolute atomic E-state index is 13.0. The van der Waals surface area contributed by atoms with Crippen LogP contribution in [0.1, 0.15) is 24.0 Å². The van der Waals surface area contributed by atoms with Crippen LogP contribution in [0.15, 0.2) is 52.3 Å². The van der Waals surface area contributed by atoms with E-state index in [0.717, 1.165) is 8.61 Å². The molecule has 164 valence electrons. The van der Waals surface area contributed by atoms with Gasteiger partial charge in [0.25, 0.3) is 10.0 Å². The maximum Gasteiger partial charge on any atom is 0.303 e. The number of sulfonamides is 2. The van der Waals surface area contributed by atoms with Gasteiger partial charge in [0.05, 0.1) is 15.5 Å². The molecule has 0 saturated carbocycles. The molecule has 10 heteroatoms. The lowest BCUT2D eigenvalue weighted by Crippen LogP contribution is -2.31. The second-order valence-corrected chi connectivity index (χ2v) is 10.9. The van der Waals surface area contributed by atoms with Crippen LogP contribution in [0.2, 0.25) is 0 Å². The van der Waals surface area contributed by atoms with E-state index in [2.05, 4.69) is 0 Å². The Labute approximate surface area is 177 Å². The molecule has 0 heterocycles. The van der Waals surface area contributed by atoms with Crippen LogP contribution in [-0.4, -0.2) is 52.9 Å². The lowest BCUT2D eigenvalue weighted by molar-refractivity contribution is -0.137. The predicted molar refractivity (Wildman–Crippen MR) is 115 cm³/mol. The van der Waals surface area contributed by atoms with E-state index in [9.17, 15) is 21.6 Å². The third-order valence-electron chi connectivity index (χ3n) is 4.85. The molecule has 2 aromatic rings. The third-order valence-corrected chi connectivity index (χ3v) is 8.62. The first-order chi connectivity index (χ1) is 13.9. The quantitative estimate of drug-likeness (QED) is 0.623. The molecule has 30 heavy (non-hydrogen) atoms. The number of anilines is 1. The number of benzene rings is 2. The predicted octanol–water partition coefficient (Wildman–Crippen LogP) is 2.61. The highest BCUT2D eigenvalue weighted by molar-refractivity contribution is 7.92. The highest BCUT2D eigenvalue weighted by atomic mass is 32.2. The van der Waals surface area contributed by atoms with Gasteiger partial charge in [-0.25, -0.2) is 21.1 Å². The molecule has 0 spiro atoms. The number of carbonyl (C=O) groups is 1. The van der Waals surface area contributed by atoms with Crippen molar-refractivity contribution >= 4 is 31.7 Å². The zero-order valence-corrected chi connectivity index (χ0v) is 19.0. The molecule has 1 N–H and O–H groups in total. The molecule has 0 aliphatic rings. The minimum absolute atomic E-state index is 0.0176. The van der Waals surface area contributed by atoms with E-state index >= 15 is 0 Å². The van der Waals surface area contributed by atoms with Crippen molar-refractivity contribution in [2.45, 2.75) is 36.5 Å². The molecular weight excluding hydrogens is 428 g/mol. The summed E-state index contributed by atoms with van der Waals surface area (Å²) >= 11 is 0. The molecule has 0 aliphatic heterocycles. The summed E-state index contributed by atoms with van der Waals surface area (Å²) in [6.45, 7) is 3.32. The SMILES string of the molecule is Cc1ccc(S(=O)(=O)N(C)CCCC(=O)O)c(C)c1N(C)S(=O)(=O)c1ccccc1. The molecule has 0 amide bonds. The van der Waals surface area contributed by atoms with Gasteiger partial charge in [-0.05, 0) is 49.6 Å². The van der Waals surface area contributed by atoms with Crippen LogP contribution in [0.4, 0.5) is 5.69 Å². The van der Waals surface area contributed by atoms with E-state index in [4.69, 9.17) is 5.11 Å². The first kappa shape index (κ1) is 23.8. The Hall–Kier alpha value is -2.43. The molecule has 0 saturated heterocycles. The van der Waals surface area contributed by atoms with Gasteiger partial charge in [0.1, 0.15) is 0 Å². The number of carboxylic acid groups (broad SMARTS) is 1. The fourth-order valence-corrected chi connectivity index (χ4v) is 5.96. The maximum atomic E-state index is 13.0. The van der Waals surface area contributed by atoms with Gasteiger partial charge in [0.2, 0.25) is 10.0 Å². The number of rotatable bonds is 9. The Morgan fingerprint density at radius 1 is 0.933 bits per heavy atom. The molecule has 0 bridgehead atoms. The van der Waals surface area contributed by atoms with Crippen LogP contribution in [0.3, 0.4) is 0 Å². The zero-order chi connectivity index (χ0) is 22.7. The van der Waals surface area contributed by atoms with Crippen molar-refractivity contribution in [1.29, 1.82) is 0 Å². The lowest BCUT2D eigenvalue weighted by Gasteiger charge is -2.26. The van der Waals surface area contributed by atoms with Crippen molar-refractivity contribution < 1.29 is 26.7 Å². The molecule has 0 atom stereocenters. The number of aliphatic carboxylic acids is 1. The molecule has 8 nitrogen and oxygen atoms in total. The Morgan fingerprint density at radius 2 is 1.53 bits per heavy atom. The minimum Gasteiger partial charge on any atom is -0.481 e. The number of hydrogen-bond donors (Lipinski definition) is 1. The van der Waals surface area contributed by atoms with Gasteiger partial charge in [-0.1, -0.05) is 24.3 Å². The lowest BCUT2D eigenvalue weighted by atomic mass is 10.1. The molecule has 2 aromatic carbocycles. The first-order valence-electron chi connectivity index (χ1n) is 9.23. The van der Waals surface area contributed by atoms with Crippen LogP contribution in [0.25, 0.3) is 0 Å². The summed E-state index contributed by atoms with van der Waals surface area (Å²) in [5.41, 5.74) is 1.21. The van der Waals surface area contributed by atoms with Crippen LogP contribution < -0.4 is 4.31 Å². The minimum atomic E-state index is -3.93. The summed E-state index contributed by atoms with van der Waals surface area (Å²) in [4.78, 5) is 10.8. The normalized spacial score (nSPS) is 12.2. The summed E-state index contributed by atoms with van der Waals surface area (Å²) in [6.07, 6.45) is 0.0289. The van der Waals surface area contributed by atoms with Crippen molar-refractivity contribution in [3.63, 3.8) is 0 Å². The monoisotopic (exact) mass is 454 g/mol. The Balaban J connectivity index is 2.48. The van der Waals surface area contributed by atoms with Gasteiger partial charge in [0, 0.05) is 27.1 Å². The van der Waals surface area contributed by atoms with E-state index < -0.39 is 26.0 Å². The number of aryl methyl sites for hydroxylation is 1. The molecule has 0 radical (unpaired) electrons. The van der Waals surface area contributed by atoms with E-state index in [1.54, 1.807) is 38.1 Å². The highest BCUT2D eigenvalue weighted by Crippen LogP contribution is 2.33. The third kappa shape index (κ3) is 4.82. The zero-order valence-electron chi connectivity index (χ0n) is 17.4. The topological polar surface area (TPSA) is 112 Å². The average Bonchev–Trinajstić information content (AvgIpc) is 2.67. The van der Waals surface area contributed by atoms with Crippen molar-refractivity contribution in [2.24, 2.45) is 0 Å². The summed E-state index contributed by atoms with van der Waals surface area (Å²) in [6, 6.07) is 10.9. The summed E-state index contributed by atoms with van der Waals surface area (Å²) in [5.74, 6) is -0.998. The smallest absolute Gasteiger partial charge is 0.303 e. The Bertz CT molecular complexity index is 1130. The molecule has 2 rings (SSSR count). The van der Waals surface area contributed by atoms with Gasteiger partial charge in [-0.15, -0.1) is 0 Å². The van der Waals surface area contributed by atoms with Crippen LogP contribution in [0.5, 0.6) is 0 Å². The van der Waals surface area contributed by atoms with Crippen molar-refractivity contribution in [3.8, 4) is 0 Å². The van der Waals surface area contributed by atoms with E-state index in [-0.39, 0.29) is 29.2 Å². The number of hydrogen-bond acceptors (Lipinski definition) is 5. The fourth-order valence-electron chi connectivity index (χ4n) is 3.19. The standard InChI is InChI=1S/C20H26N2O6S2/c1-15-12-13-18(30(27,28)21(3)14-8-11-19(23)24)16(2)20(15)22(4)29(25,26)17-9-6-5-7-10-17/h5-7,9-10,12-13H,8,11,14H2,1-4H3,(H,23,24). The summed E-state index contributed by atoms with van der Waals surface area (Å²) in [7, 11) is -5.05. The fraction of sp³-hybridized carbons (Fsp3) is 0.350. The van der Waals surface area contributed by atoms with E-state index in [1.807, 2.05) is 0 Å². The molecule has 0 unspecified atom stereocenters. The molecule has 0 aliphatic carbocycles. The second-order valence-electron chi connectivity index (χ2n) is 6.96. The van der Waals surface area contributed by atoms with Crippen LogP contribution in [-0.2, 0) is 24.8 Å². The molecule has 0 aromatic heterocycles. The number of carboxylic acids is 1. The van der Waals surface area contributed by atoms with Crippen LogP contribution >= 0.6 is 0 Å².